The molecular formula is C61H69N3O14S. The van der Waals surface area contributed by atoms with Crippen molar-refractivity contribution in [3.63, 3.8) is 0 Å². The number of ether oxygens (including phenoxy) is 8. The lowest BCUT2D eigenvalue weighted by Gasteiger charge is -2.26. The highest BCUT2D eigenvalue weighted by Crippen LogP contribution is 2.39. The van der Waals surface area contributed by atoms with Crippen LogP contribution in [0.1, 0.15) is 108 Å². The minimum atomic E-state index is -0.429. The number of hydrogen-bond acceptors (Lipinski definition) is 18. The van der Waals surface area contributed by atoms with E-state index in [4.69, 9.17) is 42.9 Å². The standard InChI is InChI=1S/C61H69N3O14S/c1-3-53(65)73-39-14-7-5-12-37-71-48-27-31-50(32-28-48)76-58(68)44-20-18-43(19-21-44)57(67)75-41-36-42-26-35-52(55-56(42)79-61(62-55)64-63-47-16-10-9-11-17-47)78-60(70)46-24-22-45(23-25-46)59(69)77-51-33-29-49(30-34-51)72-38-13-6-8-15-40-74-54(66)4-2/h3-4,9-11,16-17,26-35,43-46H,1-2,5-8,12-15,18-25,36-41H2/b64-63-. The number of rotatable bonds is 30. The Morgan fingerprint density at radius 3 is 1.41 bits per heavy atom. The van der Waals surface area contributed by atoms with Gasteiger partial charge in [-0.05, 0) is 175 Å². The molecule has 1 heterocycles. The molecule has 418 valence electrons. The zero-order valence-electron chi connectivity index (χ0n) is 44.6. The number of unbranched alkanes of at least 4 members (excludes halogenated alkanes) is 6. The molecule has 0 radical (unpaired) electrons. The predicted octanol–water partition coefficient (Wildman–Crippen LogP) is 12.9. The smallest absolute Gasteiger partial charge is 0.330 e. The van der Waals surface area contributed by atoms with Crippen molar-refractivity contribution in [1.82, 2.24) is 4.98 Å². The van der Waals surface area contributed by atoms with Crippen molar-refractivity contribution >= 4 is 68.2 Å². The lowest BCUT2D eigenvalue weighted by Crippen LogP contribution is -2.30. The molecule has 2 aliphatic carbocycles. The molecule has 2 fully saturated rings. The van der Waals surface area contributed by atoms with Crippen LogP contribution < -0.4 is 23.7 Å². The number of benzene rings is 4. The number of esters is 6. The lowest BCUT2D eigenvalue weighted by atomic mass is 9.82. The van der Waals surface area contributed by atoms with E-state index in [0.29, 0.717) is 124 Å². The third kappa shape index (κ3) is 19.3. The van der Waals surface area contributed by atoms with E-state index < -0.39 is 23.8 Å². The molecule has 5 aromatic rings. The topological polar surface area (TPSA) is 214 Å². The fourth-order valence-electron chi connectivity index (χ4n) is 9.21. The fraction of sp³-hybridized carbons (Fsp3) is 0.426. The number of nitrogens with zero attached hydrogens (tertiary/aromatic N) is 3. The van der Waals surface area contributed by atoms with E-state index in [-0.39, 0.29) is 48.0 Å². The number of azo groups is 1. The van der Waals surface area contributed by atoms with Gasteiger partial charge in [0, 0.05) is 18.6 Å². The van der Waals surface area contributed by atoms with Gasteiger partial charge < -0.3 is 37.9 Å². The van der Waals surface area contributed by atoms with Gasteiger partial charge in [0.15, 0.2) is 5.75 Å². The van der Waals surface area contributed by atoms with Gasteiger partial charge in [0.25, 0.3) is 0 Å². The molecule has 4 aromatic carbocycles. The van der Waals surface area contributed by atoms with Crippen LogP contribution in [0, 0.1) is 23.7 Å². The second-order valence-electron chi connectivity index (χ2n) is 19.4. The zero-order valence-corrected chi connectivity index (χ0v) is 45.4. The van der Waals surface area contributed by atoms with Gasteiger partial charge in [-0.3, -0.25) is 19.2 Å². The van der Waals surface area contributed by atoms with Crippen molar-refractivity contribution in [1.29, 1.82) is 0 Å². The van der Waals surface area contributed by atoms with Crippen LogP contribution >= 0.6 is 11.3 Å². The van der Waals surface area contributed by atoms with Crippen LogP contribution in [-0.4, -0.2) is 73.8 Å². The third-order valence-electron chi connectivity index (χ3n) is 13.7. The normalized spacial score (nSPS) is 17.0. The zero-order chi connectivity index (χ0) is 55.6. The van der Waals surface area contributed by atoms with E-state index >= 15 is 0 Å². The predicted molar refractivity (Wildman–Crippen MR) is 296 cm³/mol. The summed E-state index contributed by atoms with van der Waals surface area (Å²) >= 11 is 1.29. The minimum absolute atomic E-state index is 0.106. The average molecular weight is 1100 g/mol. The summed E-state index contributed by atoms with van der Waals surface area (Å²) in [6, 6.07) is 26.7. The van der Waals surface area contributed by atoms with E-state index in [0.717, 1.165) is 73.8 Å². The SMILES string of the molecule is C=CC(=O)OCCCCCCOc1ccc(OC(=O)C2CCC(C(=O)OCCc3ccc(OC(=O)C4CCC(C(=O)Oc5ccc(OCCCCCCOC(=O)C=C)cc5)CC4)c4nc(/N=N\c5ccccc5)sc34)CC2)cc1. The maximum absolute atomic E-state index is 13.7. The van der Waals surface area contributed by atoms with Gasteiger partial charge in [0.05, 0.1) is 67.1 Å². The second kappa shape index (κ2) is 31.6. The molecule has 0 unspecified atom stereocenters. The Kier molecular flexibility index (Phi) is 23.6. The summed E-state index contributed by atoms with van der Waals surface area (Å²) in [4.78, 5) is 80.3. The number of aromatic nitrogens is 1. The lowest BCUT2D eigenvalue weighted by molar-refractivity contribution is -0.152. The molecule has 0 N–H and O–H groups in total. The molecule has 0 saturated heterocycles. The van der Waals surface area contributed by atoms with Crippen LogP contribution in [0.4, 0.5) is 10.8 Å². The fourth-order valence-corrected chi connectivity index (χ4v) is 10.2. The monoisotopic (exact) mass is 1100 g/mol. The quantitative estimate of drug-likeness (QED) is 0.0104. The van der Waals surface area contributed by atoms with E-state index in [9.17, 15) is 28.8 Å². The Morgan fingerprint density at radius 1 is 0.481 bits per heavy atom. The van der Waals surface area contributed by atoms with Crippen molar-refractivity contribution in [2.75, 3.05) is 33.0 Å². The Balaban J connectivity index is 0.833. The highest BCUT2D eigenvalue weighted by molar-refractivity contribution is 7.22. The Morgan fingerprint density at radius 2 is 0.924 bits per heavy atom. The summed E-state index contributed by atoms with van der Waals surface area (Å²) in [7, 11) is 0. The van der Waals surface area contributed by atoms with Crippen molar-refractivity contribution in [3.05, 3.63) is 122 Å². The van der Waals surface area contributed by atoms with Crippen molar-refractivity contribution < 1.29 is 66.7 Å². The second-order valence-corrected chi connectivity index (χ2v) is 20.4. The molecule has 17 nitrogen and oxygen atoms in total. The largest absolute Gasteiger partial charge is 0.494 e. The van der Waals surface area contributed by atoms with Crippen LogP contribution in [0.3, 0.4) is 0 Å². The molecule has 79 heavy (non-hydrogen) atoms. The Hall–Kier alpha value is -7.73. The molecule has 0 amide bonds. The van der Waals surface area contributed by atoms with E-state index in [2.05, 4.69) is 23.4 Å². The first-order valence-corrected chi connectivity index (χ1v) is 28.1. The van der Waals surface area contributed by atoms with E-state index in [1.54, 1.807) is 54.6 Å². The van der Waals surface area contributed by atoms with Gasteiger partial charge >= 0.3 is 35.8 Å². The average Bonchev–Trinajstić information content (AvgIpc) is 4.01. The van der Waals surface area contributed by atoms with Gasteiger partial charge in [-0.2, -0.15) is 0 Å². The molecule has 0 bridgehead atoms. The summed E-state index contributed by atoms with van der Waals surface area (Å²) in [6.45, 7) is 8.70. The first-order valence-electron chi connectivity index (χ1n) is 27.3. The third-order valence-corrected chi connectivity index (χ3v) is 14.7. The number of fused-ring (bicyclic) bond motifs is 1. The van der Waals surface area contributed by atoms with Gasteiger partial charge in [-0.1, -0.05) is 48.8 Å². The summed E-state index contributed by atoms with van der Waals surface area (Å²) < 4.78 is 45.6. The van der Waals surface area contributed by atoms with Gasteiger partial charge in [0.2, 0.25) is 5.13 Å². The van der Waals surface area contributed by atoms with Crippen LogP contribution in [0.5, 0.6) is 28.7 Å². The Bertz CT molecular complexity index is 2840. The highest BCUT2D eigenvalue weighted by Gasteiger charge is 2.34. The van der Waals surface area contributed by atoms with Crippen LogP contribution in [0.25, 0.3) is 10.2 Å². The van der Waals surface area contributed by atoms with Gasteiger partial charge in [-0.25, -0.2) is 14.6 Å². The summed E-state index contributed by atoms with van der Waals surface area (Å²) in [5.41, 5.74) is 1.92. The number of thiazole rings is 1. The summed E-state index contributed by atoms with van der Waals surface area (Å²) in [6.07, 6.45) is 13.5. The van der Waals surface area contributed by atoms with Crippen molar-refractivity contribution in [2.45, 2.75) is 109 Å². The van der Waals surface area contributed by atoms with Gasteiger partial charge in [-0.15, -0.1) is 10.2 Å². The summed E-state index contributed by atoms with van der Waals surface area (Å²) in [5.74, 6) is -1.23. The number of hydrogen-bond donors (Lipinski definition) is 0. The first-order chi connectivity index (χ1) is 38.5. The van der Waals surface area contributed by atoms with Crippen molar-refractivity contribution in [2.24, 2.45) is 33.9 Å². The molecule has 7 rings (SSSR count). The molecule has 0 aliphatic heterocycles. The van der Waals surface area contributed by atoms with Gasteiger partial charge in [0.1, 0.15) is 28.5 Å². The molecular weight excluding hydrogens is 1030 g/mol. The molecule has 18 heteroatoms. The summed E-state index contributed by atoms with van der Waals surface area (Å²) in [5, 5.41) is 9.09. The maximum atomic E-state index is 13.7. The Labute approximate surface area is 464 Å². The minimum Gasteiger partial charge on any atom is -0.494 e. The number of carbonyl (C=O) groups is 6. The van der Waals surface area contributed by atoms with E-state index in [1.165, 1.54) is 11.3 Å². The molecule has 0 atom stereocenters. The van der Waals surface area contributed by atoms with E-state index in [1.807, 2.05) is 36.4 Å². The maximum Gasteiger partial charge on any atom is 0.330 e. The molecule has 1 aromatic heterocycles. The molecule has 0 spiro atoms. The van der Waals surface area contributed by atoms with Crippen LogP contribution in [0.15, 0.2) is 127 Å². The van der Waals surface area contributed by atoms with Crippen LogP contribution in [-0.2, 0) is 49.4 Å². The van der Waals surface area contributed by atoms with Crippen LogP contribution in [0.2, 0.25) is 0 Å². The first kappa shape index (κ1) is 58.9. The molecule has 2 aliphatic rings. The highest BCUT2D eigenvalue weighted by atomic mass is 32.1. The van der Waals surface area contributed by atoms with Crippen molar-refractivity contribution in [3.8, 4) is 28.7 Å². The number of carbonyl (C=O) groups excluding carboxylic acids is 6. The molecule has 2 saturated carbocycles.